The Kier molecular flexibility index (Phi) is 7.24. The summed E-state index contributed by atoms with van der Waals surface area (Å²) in [5, 5.41) is 14.4. The van der Waals surface area contributed by atoms with Gasteiger partial charge in [0.25, 0.3) is 0 Å². The summed E-state index contributed by atoms with van der Waals surface area (Å²) >= 11 is 0. The van der Waals surface area contributed by atoms with Crippen LogP contribution in [0.1, 0.15) is 36.3 Å². The molecule has 0 bridgehead atoms. The monoisotopic (exact) mass is 452 g/mol. The summed E-state index contributed by atoms with van der Waals surface area (Å²) < 4.78 is 10.8. The van der Waals surface area contributed by atoms with Gasteiger partial charge in [-0.25, -0.2) is 4.79 Å². The number of aliphatic carboxylic acids is 1. The number of carbonyl (C=O) groups is 3. The minimum absolute atomic E-state index is 0.0213. The summed E-state index contributed by atoms with van der Waals surface area (Å²) in [4.78, 5) is 36.2. The topological polar surface area (TPSA) is 114 Å². The molecule has 1 aliphatic carbocycles. The number of hydrogen-bond acceptors (Lipinski definition) is 5. The zero-order valence-electron chi connectivity index (χ0n) is 18.3. The molecule has 2 unspecified atom stereocenters. The smallest absolute Gasteiger partial charge is 0.407 e. The van der Waals surface area contributed by atoms with Gasteiger partial charge >= 0.3 is 12.1 Å². The van der Waals surface area contributed by atoms with Crippen molar-refractivity contribution in [2.45, 2.75) is 31.2 Å². The largest absolute Gasteiger partial charge is 0.481 e. The highest BCUT2D eigenvalue weighted by molar-refractivity contribution is 5.86. The Hall–Kier alpha value is -3.39. The molecule has 2 amide bonds. The number of fused-ring (bicyclic) bond motifs is 3. The lowest BCUT2D eigenvalue weighted by molar-refractivity contribution is -0.137. The maximum Gasteiger partial charge on any atom is 0.407 e. The van der Waals surface area contributed by atoms with E-state index in [1.54, 1.807) is 0 Å². The lowest BCUT2D eigenvalue weighted by Crippen LogP contribution is -2.48. The molecule has 3 N–H and O–H groups in total. The van der Waals surface area contributed by atoms with Crippen molar-refractivity contribution in [2.75, 3.05) is 26.4 Å². The van der Waals surface area contributed by atoms with E-state index in [1.807, 2.05) is 36.4 Å². The predicted molar refractivity (Wildman–Crippen MR) is 121 cm³/mol. The molecule has 8 heteroatoms. The third-order valence-electron chi connectivity index (χ3n) is 6.19. The van der Waals surface area contributed by atoms with E-state index in [4.69, 9.17) is 14.6 Å². The van der Waals surface area contributed by atoms with Crippen LogP contribution < -0.4 is 10.6 Å². The maximum atomic E-state index is 12.6. The van der Waals surface area contributed by atoms with Gasteiger partial charge in [0.05, 0.1) is 6.61 Å². The molecule has 1 fully saturated rings. The van der Waals surface area contributed by atoms with E-state index < -0.39 is 24.0 Å². The molecule has 0 saturated carbocycles. The summed E-state index contributed by atoms with van der Waals surface area (Å²) in [5.41, 5.74) is 4.42. The van der Waals surface area contributed by atoms with Gasteiger partial charge in [0.1, 0.15) is 12.6 Å². The highest BCUT2D eigenvalue weighted by Gasteiger charge is 2.30. The van der Waals surface area contributed by atoms with Crippen LogP contribution >= 0.6 is 0 Å². The van der Waals surface area contributed by atoms with Gasteiger partial charge < -0.3 is 25.2 Å². The molecule has 4 rings (SSSR count). The standard InChI is InChI=1S/C25H28N2O6/c28-23(29)10-9-22(24(30)26-13-16-11-12-32-14-16)27-25(31)33-15-21-19-7-3-1-5-17(19)18-6-2-4-8-20(18)21/h1-8,16,21-22H,9-15H2,(H,26,30)(H,27,31)(H,28,29). The van der Waals surface area contributed by atoms with Crippen LogP contribution in [0.25, 0.3) is 11.1 Å². The van der Waals surface area contributed by atoms with Crippen molar-refractivity contribution in [2.24, 2.45) is 5.92 Å². The van der Waals surface area contributed by atoms with Gasteiger partial charge in [-0.1, -0.05) is 48.5 Å². The highest BCUT2D eigenvalue weighted by atomic mass is 16.5. The van der Waals surface area contributed by atoms with E-state index >= 15 is 0 Å². The third kappa shape index (κ3) is 5.51. The van der Waals surface area contributed by atoms with Gasteiger partial charge in [0, 0.05) is 31.4 Å². The first kappa shape index (κ1) is 22.8. The summed E-state index contributed by atoms with van der Waals surface area (Å²) in [5.74, 6) is -1.33. The maximum absolute atomic E-state index is 12.6. The molecule has 1 heterocycles. The van der Waals surface area contributed by atoms with Crippen LogP contribution in [0, 0.1) is 5.92 Å². The number of hydrogen-bond donors (Lipinski definition) is 3. The molecule has 0 radical (unpaired) electrons. The second-order valence-electron chi connectivity index (χ2n) is 8.43. The molecular formula is C25H28N2O6. The van der Waals surface area contributed by atoms with Crippen LogP contribution in [-0.4, -0.2) is 55.5 Å². The summed E-state index contributed by atoms with van der Waals surface area (Å²) in [6.45, 7) is 1.79. The molecule has 2 aromatic carbocycles. The van der Waals surface area contributed by atoms with E-state index in [0.717, 1.165) is 28.7 Å². The molecule has 174 valence electrons. The molecular weight excluding hydrogens is 424 g/mol. The number of alkyl carbamates (subject to hydrolysis) is 1. The van der Waals surface area contributed by atoms with Gasteiger partial charge in [-0.3, -0.25) is 9.59 Å². The van der Waals surface area contributed by atoms with E-state index in [1.165, 1.54) is 0 Å². The Morgan fingerprint density at radius 3 is 2.33 bits per heavy atom. The van der Waals surface area contributed by atoms with E-state index in [9.17, 15) is 14.4 Å². The van der Waals surface area contributed by atoms with Crippen molar-refractivity contribution in [3.05, 3.63) is 59.7 Å². The minimum atomic E-state index is -1.04. The zero-order chi connectivity index (χ0) is 23.2. The van der Waals surface area contributed by atoms with Crippen LogP contribution in [0.4, 0.5) is 4.79 Å². The van der Waals surface area contributed by atoms with Crippen molar-refractivity contribution >= 4 is 18.0 Å². The molecule has 8 nitrogen and oxygen atoms in total. The Balaban J connectivity index is 1.37. The molecule has 0 aromatic heterocycles. The Morgan fingerprint density at radius 2 is 1.73 bits per heavy atom. The molecule has 1 aliphatic heterocycles. The third-order valence-corrected chi connectivity index (χ3v) is 6.19. The van der Waals surface area contributed by atoms with Gasteiger partial charge in [0.15, 0.2) is 0 Å². The zero-order valence-corrected chi connectivity index (χ0v) is 18.3. The van der Waals surface area contributed by atoms with Crippen LogP contribution in [-0.2, 0) is 19.1 Å². The average molecular weight is 453 g/mol. The van der Waals surface area contributed by atoms with Gasteiger partial charge in [0.2, 0.25) is 5.91 Å². The fourth-order valence-corrected chi connectivity index (χ4v) is 4.43. The van der Waals surface area contributed by atoms with Crippen LogP contribution in [0.3, 0.4) is 0 Å². The summed E-state index contributed by atoms with van der Waals surface area (Å²) in [6, 6.07) is 15.0. The molecule has 33 heavy (non-hydrogen) atoms. The quantitative estimate of drug-likeness (QED) is 0.539. The Morgan fingerprint density at radius 1 is 1.06 bits per heavy atom. The van der Waals surface area contributed by atoms with E-state index in [-0.39, 0.29) is 31.3 Å². The number of rotatable bonds is 9. The number of carboxylic acids is 1. The normalized spacial score (nSPS) is 17.6. The van der Waals surface area contributed by atoms with Crippen molar-refractivity contribution in [3.8, 4) is 11.1 Å². The summed E-state index contributed by atoms with van der Waals surface area (Å²) in [6.07, 6.45) is -0.146. The Bertz CT molecular complexity index is 972. The van der Waals surface area contributed by atoms with E-state index in [2.05, 4.69) is 22.8 Å². The molecule has 2 atom stereocenters. The van der Waals surface area contributed by atoms with Crippen molar-refractivity contribution < 1.29 is 29.0 Å². The second-order valence-corrected chi connectivity index (χ2v) is 8.43. The first-order chi connectivity index (χ1) is 16.0. The number of nitrogens with one attached hydrogen (secondary N) is 2. The molecule has 2 aromatic rings. The first-order valence-electron chi connectivity index (χ1n) is 11.2. The molecule has 0 spiro atoms. The average Bonchev–Trinajstić information content (AvgIpc) is 3.45. The molecule has 2 aliphatic rings. The van der Waals surface area contributed by atoms with Crippen LogP contribution in [0.2, 0.25) is 0 Å². The number of ether oxygens (including phenoxy) is 2. The van der Waals surface area contributed by atoms with Crippen molar-refractivity contribution in [1.29, 1.82) is 0 Å². The fourth-order valence-electron chi connectivity index (χ4n) is 4.43. The number of carboxylic acid groups (broad SMARTS) is 1. The van der Waals surface area contributed by atoms with Crippen molar-refractivity contribution in [1.82, 2.24) is 10.6 Å². The first-order valence-corrected chi connectivity index (χ1v) is 11.2. The van der Waals surface area contributed by atoms with Crippen molar-refractivity contribution in [3.63, 3.8) is 0 Å². The number of benzene rings is 2. The summed E-state index contributed by atoms with van der Waals surface area (Å²) in [7, 11) is 0. The Labute approximate surface area is 192 Å². The molecule has 1 saturated heterocycles. The van der Waals surface area contributed by atoms with Gasteiger partial charge in [-0.05, 0) is 35.1 Å². The second kappa shape index (κ2) is 10.5. The fraction of sp³-hybridized carbons (Fsp3) is 0.400. The predicted octanol–water partition coefficient (Wildman–Crippen LogP) is 2.91. The van der Waals surface area contributed by atoms with Crippen LogP contribution in [0.15, 0.2) is 48.5 Å². The lowest BCUT2D eigenvalue weighted by atomic mass is 9.98. The van der Waals surface area contributed by atoms with Crippen LogP contribution in [0.5, 0.6) is 0 Å². The van der Waals surface area contributed by atoms with E-state index in [0.29, 0.717) is 19.8 Å². The number of carbonyl (C=O) groups excluding carboxylic acids is 2. The van der Waals surface area contributed by atoms with Gasteiger partial charge in [-0.15, -0.1) is 0 Å². The highest BCUT2D eigenvalue weighted by Crippen LogP contribution is 2.44. The number of amides is 2. The lowest BCUT2D eigenvalue weighted by Gasteiger charge is -2.20. The van der Waals surface area contributed by atoms with Gasteiger partial charge in [-0.2, -0.15) is 0 Å². The minimum Gasteiger partial charge on any atom is -0.481 e. The SMILES string of the molecule is O=C(O)CCC(NC(=O)OCC1c2ccccc2-c2ccccc21)C(=O)NCC1CCOC1.